The summed E-state index contributed by atoms with van der Waals surface area (Å²) in [6.07, 6.45) is 4.21. The van der Waals surface area contributed by atoms with Crippen LogP contribution < -0.4 is 14.2 Å². The predicted octanol–water partition coefficient (Wildman–Crippen LogP) is 7.35. The number of aromatic carboxylic acids is 5. The average Bonchev–Trinajstić information content (AvgIpc) is 2.01. The van der Waals surface area contributed by atoms with Crippen LogP contribution in [0.25, 0.3) is 28.4 Å². The normalized spacial score (nSPS) is 10.7. The van der Waals surface area contributed by atoms with E-state index in [1.165, 1.54) is 118 Å². The number of alkyl halides is 6. The fourth-order valence-electron chi connectivity index (χ4n) is 6.92. The first kappa shape index (κ1) is 63.2. The van der Waals surface area contributed by atoms with Crippen molar-refractivity contribution >= 4 is 29.8 Å². The molecular weight excluding hydrogens is 1170 g/mol. The molecule has 0 radical (unpaired) electrons. The Morgan fingerprint density at radius 3 is 1.08 bits per heavy atom. The second-order valence-electron chi connectivity index (χ2n) is 16.0. The topological polar surface area (TPSA) is 368 Å². The largest absolute Gasteiger partial charge is 0.573 e. The molecule has 0 saturated carbocycles. The van der Waals surface area contributed by atoms with Gasteiger partial charge < -0.3 is 39.7 Å². The van der Waals surface area contributed by atoms with E-state index >= 15 is 0 Å². The van der Waals surface area contributed by atoms with Gasteiger partial charge in [-0.15, -0.1) is 13.2 Å². The number of nitrogens with zero attached hydrogens (tertiary/aromatic N) is 15. The summed E-state index contributed by atoms with van der Waals surface area (Å²) in [6, 6.07) is 15.6. The molecule has 0 saturated heterocycles. The third-order valence-electron chi connectivity index (χ3n) is 10.6. The predicted molar refractivity (Wildman–Crippen MR) is 271 cm³/mol. The molecular formula is C50H37F8N15O13. The summed E-state index contributed by atoms with van der Waals surface area (Å²) in [6.45, 7) is 1.50. The van der Waals surface area contributed by atoms with Crippen molar-refractivity contribution in [3.8, 4) is 45.7 Å². The number of rotatable bonds is 13. The summed E-state index contributed by atoms with van der Waals surface area (Å²) in [5.41, 5.74) is -1.97. The number of ether oxygens (including phenoxy) is 3. The average molecular weight is 1210 g/mol. The maximum atomic E-state index is 13.8. The minimum atomic E-state index is -4.89. The van der Waals surface area contributed by atoms with Crippen LogP contribution in [0.1, 0.15) is 62.9 Å². The van der Waals surface area contributed by atoms with Gasteiger partial charge in [0.1, 0.15) is 56.9 Å². The van der Waals surface area contributed by atoms with Gasteiger partial charge in [0.25, 0.3) is 0 Å². The molecule has 10 rings (SSSR count). The fourth-order valence-corrected chi connectivity index (χ4v) is 6.92. The molecule has 0 spiro atoms. The summed E-state index contributed by atoms with van der Waals surface area (Å²) < 4.78 is 114. The quantitative estimate of drug-likeness (QED) is 0.0704. The Bertz CT molecular complexity index is 3960. The molecule has 0 bridgehead atoms. The van der Waals surface area contributed by atoms with Crippen LogP contribution in [0.5, 0.6) is 17.2 Å². The summed E-state index contributed by atoms with van der Waals surface area (Å²) in [5, 5.41) is 82.6. The van der Waals surface area contributed by atoms with Crippen LogP contribution in [-0.4, -0.2) is 151 Å². The molecule has 5 aromatic carbocycles. The molecule has 0 unspecified atom stereocenters. The number of carbonyl (C=O) groups is 5. The van der Waals surface area contributed by atoms with E-state index in [0.29, 0.717) is 17.5 Å². The van der Waals surface area contributed by atoms with Gasteiger partial charge in [0.2, 0.25) is 0 Å². The van der Waals surface area contributed by atoms with E-state index < -0.39 is 87.6 Å². The zero-order chi connectivity index (χ0) is 63.0. The molecule has 0 atom stereocenters. The van der Waals surface area contributed by atoms with Crippen LogP contribution in [0.3, 0.4) is 0 Å². The van der Waals surface area contributed by atoms with Gasteiger partial charge in [-0.1, -0.05) is 6.07 Å². The van der Waals surface area contributed by atoms with Crippen LogP contribution in [-0.2, 0) is 6.18 Å². The highest BCUT2D eigenvalue weighted by Gasteiger charge is 2.33. The Balaban J connectivity index is 0.000000172. The molecule has 0 aliphatic heterocycles. The lowest BCUT2D eigenvalue weighted by Crippen LogP contribution is -2.18. The van der Waals surface area contributed by atoms with Gasteiger partial charge in [-0.2, -0.15) is 88.1 Å². The monoisotopic (exact) mass is 1210 g/mol. The summed E-state index contributed by atoms with van der Waals surface area (Å²) in [4.78, 5) is 60.4. The van der Waals surface area contributed by atoms with Gasteiger partial charge in [-0.3, -0.25) is 0 Å². The molecule has 0 aliphatic rings. The fraction of sp³-hybridized carbons (Fsp3) is 0.100. The van der Waals surface area contributed by atoms with Crippen molar-refractivity contribution in [3.05, 3.63) is 191 Å². The van der Waals surface area contributed by atoms with Gasteiger partial charge >= 0.3 is 42.4 Å². The number of hydrogen-bond acceptors (Lipinski definition) is 18. The van der Waals surface area contributed by atoms with E-state index in [2.05, 4.69) is 55.7 Å². The minimum Gasteiger partial charge on any atom is -0.497 e. The van der Waals surface area contributed by atoms with Crippen molar-refractivity contribution in [2.45, 2.75) is 19.5 Å². The highest BCUT2D eigenvalue weighted by molar-refractivity contribution is 5.95. The second kappa shape index (κ2) is 27.6. The Morgan fingerprint density at radius 2 is 0.733 bits per heavy atom. The van der Waals surface area contributed by atoms with E-state index in [1.54, 1.807) is 12.1 Å². The van der Waals surface area contributed by atoms with E-state index in [1.807, 2.05) is 0 Å². The number of hydrogen-bond donors (Lipinski definition) is 5. The number of aromatic nitrogens is 15. The molecule has 446 valence electrons. The Hall–Kier alpha value is -12.0. The van der Waals surface area contributed by atoms with Crippen molar-refractivity contribution < 1.29 is 98.8 Å². The SMILES string of the molecule is COc1ccc(-n2nccn2)c(C(=O)O)c1.COc1ccc(-n2nccn2)c(C(=O)O)c1F.Cc1ccc(-n2nccn2)c(C(=O)O)c1F.O=C(O)c1cc(C(F)(F)F)ccc1-n1nccn1.O=C(O)c1cc(OC(F)(F)F)ccc1-n1nccn1. The first-order valence-electron chi connectivity index (χ1n) is 23.2. The lowest BCUT2D eigenvalue weighted by molar-refractivity contribution is -0.274. The van der Waals surface area contributed by atoms with Crippen LogP contribution in [0.15, 0.2) is 141 Å². The van der Waals surface area contributed by atoms with Crippen molar-refractivity contribution in [1.29, 1.82) is 0 Å². The Labute approximate surface area is 473 Å². The van der Waals surface area contributed by atoms with Crippen molar-refractivity contribution in [2.24, 2.45) is 0 Å². The molecule has 36 heteroatoms. The van der Waals surface area contributed by atoms with Crippen molar-refractivity contribution in [1.82, 2.24) is 75.0 Å². The maximum Gasteiger partial charge on any atom is 0.573 e. The van der Waals surface area contributed by atoms with Gasteiger partial charge in [-0.05, 0) is 85.3 Å². The first-order valence-corrected chi connectivity index (χ1v) is 23.2. The summed E-state index contributed by atoms with van der Waals surface area (Å²) >= 11 is 0. The van der Waals surface area contributed by atoms with Crippen LogP contribution in [0.2, 0.25) is 0 Å². The van der Waals surface area contributed by atoms with Crippen molar-refractivity contribution in [3.63, 3.8) is 0 Å². The molecule has 28 nitrogen and oxygen atoms in total. The third-order valence-corrected chi connectivity index (χ3v) is 10.6. The standard InChI is InChI=1S/C10H6F3N3O3.C10H6F3N3O2.C10H8FN3O3.C10H8FN3O2.C10H9N3O3/c11-10(12,13)19-6-1-2-8(7(5-6)9(17)18)16-14-3-4-15-16;11-10(12,13)6-1-2-8(7(5-6)9(17)18)16-14-3-4-15-16;1-17-7-3-2-6(14-12-4-5-13-14)8(9(7)11)10(15)16;1-6-2-3-7(14-12-4-5-13-14)8(9(6)11)10(15)16;1-16-7-2-3-9(8(6-7)10(14)15)13-11-4-5-12-13/h1-5H,(H,17,18);1-5H,(H,17,18);2-5H,1H3,(H,15,16);2-5H,1H3,(H,15,16);2-6H,1H3,(H,14,15). The minimum absolute atomic E-state index is 0.0273. The molecule has 0 amide bonds. The Kier molecular flexibility index (Phi) is 20.3. The number of carboxylic acid groups (broad SMARTS) is 5. The first-order chi connectivity index (χ1) is 40.7. The smallest absolute Gasteiger partial charge is 0.497 e. The lowest BCUT2D eigenvalue weighted by atomic mass is 10.1. The number of halogens is 8. The van der Waals surface area contributed by atoms with E-state index in [4.69, 9.17) is 35.0 Å². The highest BCUT2D eigenvalue weighted by atomic mass is 19.4. The number of carboxylic acids is 5. The van der Waals surface area contributed by atoms with E-state index in [9.17, 15) is 59.1 Å². The number of aryl methyl sites for hydroxylation is 1. The maximum absolute atomic E-state index is 13.8. The van der Waals surface area contributed by atoms with Gasteiger partial charge in [0.05, 0.1) is 98.4 Å². The second-order valence-corrected chi connectivity index (χ2v) is 16.0. The molecule has 5 heterocycles. The zero-order valence-corrected chi connectivity index (χ0v) is 43.5. The highest BCUT2D eigenvalue weighted by Crippen LogP contribution is 2.32. The van der Waals surface area contributed by atoms with E-state index in [-0.39, 0.29) is 39.6 Å². The lowest BCUT2D eigenvalue weighted by Gasteiger charge is -2.11. The zero-order valence-electron chi connectivity index (χ0n) is 43.5. The summed E-state index contributed by atoms with van der Waals surface area (Å²) in [5.74, 6) is -8.69. The molecule has 0 fully saturated rings. The molecule has 10 aromatic rings. The summed E-state index contributed by atoms with van der Waals surface area (Å²) in [7, 11) is 2.74. The third kappa shape index (κ3) is 15.9. The van der Waals surface area contributed by atoms with Crippen LogP contribution in [0.4, 0.5) is 35.1 Å². The number of methoxy groups -OCH3 is 2. The molecule has 0 aliphatic carbocycles. The van der Waals surface area contributed by atoms with Gasteiger partial charge in [-0.25, -0.2) is 32.8 Å². The Morgan fingerprint density at radius 1 is 0.407 bits per heavy atom. The van der Waals surface area contributed by atoms with Gasteiger partial charge in [0, 0.05) is 0 Å². The molecule has 86 heavy (non-hydrogen) atoms. The van der Waals surface area contributed by atoms with Crippen LogP contribution >= 0.6 is 0 Å². The number of benzene rings is 5. The van der Waals surface area contributed by atoms with Crippen molar-refractivity contribution in [2.75, 3.05) is 14.2 Å². The molecule has 5 N–H and O–H groups in total. The van der Waals surface area contributed by atoms with E-state index in [0.717, 1.165) is 49.5 Å². The van der Waals surface area contributed by atoms with Gasteiger partial charge in [0.15, 0.2) is 11.6 Å². The molecule has 5 aromatic heterocycles. The van der Waals surface area contributed by atoms with Crippen LogP contribution in [0, 0.1) is 18.6 Å².